The molecule has 1 atom stereocenters. The minimum Gasteiger partial charge on any atom is -0.402 e. The Morgan fingerprint density at radius 3 is 3.00 bits per heavy atom. The van der Waals surface area contributed by atoms with Crippen LogP contribution in [0.2, 0.25) is 6.82 Å². The molecule has 1 heterocycles. The van der Waals surface area contributed by atoms with Gasteiger partial charge in [-0.3, -0.25) is 4.79 Å². The van der Waals surface area contributed by atoms with Crippen LogP contribution >= 0.6 is 0 Å². The lowest BCUT2D eigenvalue weighted by Crippen LogP contribution is -2.35. The van der Waals surface area contributed by atoms with Gasteiger partial charge in [0.25, 0.3) is 5.91 Å². The number of carbonyl (C=O) groups excluding carboxylic acids is 1. The Morgan fingerprint density at radius 1 is 1.73 bits per heavy atom. The summed E-state index contributed by atoms with van der Waals surface area (Å²) in [6.07, 6.45) is 3.63. The van der Waals surface area contributed by atoms with E-state index >= 15 is 0 Å². The maximum absolute atomic E-state index is 11.7. The Morgan fingerprint density at radius 2 is 2.47 bits per heavy atom. The molecule has 0 aliphatic heterocycles. The zero-order valence-corrected chi connectivity index (χ0v) is 9.36. The van der Waals surface area contributed by atoms with Crippen molar-refractivity contribution in [1.29, 1.82) is 0 Å². The molecule has 1 rings (SSSR count). The highest BCUT2D eigenvalue weighted by atomic mass is 16.5. The number of hydrogen-bond acceptors (Lipinski definition) is 2. The fourth-order valence-electron chi connectivity index (χ4n) is 1.31. The summed E-state index contributed by atoms with van der Waals surface area (Å²) in [6, 6.07) is 1.81. The lowest BCUT2D eigenvalue weighted by Gasteiger charge is -2.11. The zero-order valence-electron chi connectivity index (χ0n) is 9.36. The molecule has 1 aromatic rings. The second kappa shape index (κ2) is 5.61. The first-order chi connectivity index (χ1) is 7.17. The lowest BCUT2D eigenvalue weighted by atomic mass is 10.0. The van der Waals surface area contributed by atoms with Crippen LogP contribution in [0.3, 0.4) is 0 Å². The van der Waals surface area contributed by atoms with Gasteiger partial charge >= 0.3 is 0 Å². The summed E-state index contributed by atoms with van der Waals surface area (Å²) in [4.78, 5) is 11.7. The molecule has 5 heteroatoms. The molecule has 1 radical (unpaired) electrons. The van der Waals surface area contributed by atoms with Crippen molar-refractivity contribution in [2.75, 3.05) is 13.7 Å². The van der Waals surface area contributed by atoms with Crippen molar-refractivity contribution in [1.82, 2.24) is 9.79 Å². The molecule has 0 spiro atoms. The average molecular weight is 207 g/mol. The minimum atomic E-state index is -0.0693. The smallest absolute Gasteiger partial charge is 0.253 e. The Balaban J connectivity index is 2.53. The molecule has 0 saturated carbocycles. The molecule has 0 saturated heterocycles. The molecule has 4 nitrogen and oxygen atoms in total. The number of amides is 1. The summed E-state index contributed by atoms with van der Waals surface area (Å²) >= 11 is 0. The second-order valence-corrected chi connectivity index (χ2v) is 3.44. The first-order valence-electron chi connectivity index (χ1n) is 4.94. The van der Waals surface area contributed by atoms with Crippen molar-refractivity contribution >= 4 is 13.3 Å². The van der Waals surface area contributed by atoms with Crippen molar-refractivity contribution in [3.05, 3.63) is 24.0 Å². The molecule has 0 bridgehead atoms. The van der Waals surface area contributed by atoms with Gasteiger partial charge in [0.15, 0.2) is 0 Å². The van der Waals surface area contributed by atoms with E-state index < -0.39 is 0 Å². The maximum atomic E-state index is 11.7. The summed E-state index contributed by atoms with van der Waals surface area (Å²) in [5.41, 5.74) is 0.663. The normalized spacial score (nSPS) is 12.2. The molecule has 1 unspecified atom stereocenters. The van der Waals surface area contributed by atoms with Gasteiger partial charge < -0.3 is 14.5 Å². The highest BCUT2D eigenvalue weighted by Crippen LogP contribution is 2.00. The summed E-state index contributed by atoms with van der Waals surface area (Å²) < 4.78 is 6.78. The Bertz CT molecular complexity index is 325. The molecular weight excluding hydrogens is 191 g/mol. The zero-order chi connectivity index (χ0) is 11.3. The third-order valence-electron chi connectivity index (χ3n) is 2.07. The highest BCUT2D eigenvalue weighted by molar-refractivity contribution is 6.31. The summed E-state index contributed by atoms with van der Waals surface area (Å²) in [6.45, 7) is 4.34. The van der Waals surface area contributed by atoms with Gasteiger partial charge in [0.1, 0.15) is 0 Å². The number of aromatic nitrogens is 1. The van der Waals surface area contributed by atoms with Gasteiger partial charge in [-0.2, -0.15) is 0 Å². The predicted molar refractivity (Wildman–Crippen MR) is 60.3 cm³/mol. The van der Waals surface area contributed by atoms with Crippen molar-refractivity contribution in [2.45, 2.75) is 19.8 Å². The molecule has 0 aliphatic carbocycles. The summed E-state index contributed by atoms with van der Waals surface area (Å²) in [5.74, 6) is -0.0693. The van der Waals surface area contributed by atoms with Gasteiger partial charge in [0, 0.05) is 19.3 Å². The molecule has 1 amide bonds. The van der Waals surface area contributed by atoms with E-state index in [1.165, 1.54) is 0 Å². The van der Waals surface area contributed by atoms with Crippen LogP contribution in [0.5, 0.6) is 0 Å². The van der Waals surface area contributed by atoms with Crippen molar-refractivity contribution in [3.63, 3.8) is 0 Å². The van der Waals surface area contributed by atoms with Gasteiger partial charge in [-0.15, -0.1) is 0 Å². The lowest BCUT2D eigenvalue weighted by molar-refractivity contribution is 0.0905. The van der Waals surface area contributed by atoms with E-state index in [9.17, 15) is 4.79 Å². The quantitative estimate of drug-likeness (QED) is 0.724. The molecule has 0 aliphatic rings. The van der Waals surface area contributed by atoms with Crippen molar-refractivity contribution in [3.8, 4) is 0 Å². The number of nitrogens with one attached hydrogen (secondary N) is 1. The monoisotopic (exact) mass is 207 g/mol. The topological polar surface area (TPSA) is 43.3 Å². The van der Waals surface area contributed by atoms with Crippen LogP contribution in [-0.2, 0) is 4.74 Å². The molecule has 15 heavy (non-hydrogen) atoms. The van der Waals surface area contributed by atoms with Crippen LogP contribution < -0.4 is 5.32 Å². The molecule has 0 fully saturated rings. The van der Waals surface area contributed by atoms with Crippen LogP contribution in [0, 0.1) is 0 Å². The first kappa shape index (κ1) is 11.8. The first-order valence-corrected chi connectivity index (χ1v) is 4.94. The molecule has 81 valence electrons. The standard InChI is InChI=1S/C10H16BN2O2/c1-8(7-15-3)12-10(14)9-4-5-13(6-9)11-2/h4-6,8H,7H2,1-3H3,(H,12,14). The Hall–Kier alpha value is -1.23. The maximum Gasteiger partial charge on any atom is 0.253 e. The third kappa shape index (κ3) is 3.44. The van der Waals surface area contributed by atoms with Crippen LogP contribution in [0.15, 0.2) is 18.5 Å². The molecule has 0 aromatic carbocycles. The van der Waals surface area contributed by atoms with Crippen LogP contribution in [-0.4, -0.2) is 37.6 Å². The SMILES string of the molecule is C[B]n1ccc(C(=O)NC(C)COC)c1. The van der Waals surface area contributed by atoms with E-state index in [0.29, 0.717) is 12.2 Å². The van der Waals surface area contributed by atoms with E-state index in [-0.39, 0.29) is 11.9 Å². The van der Waals surface area contributed by atoms with E-state index in [2.05, 4.69) is 5.32 Å². The summed E-state index contributed by atoms with van der Waals surface area (Å²) in [7, 11) is 3.50. The van der Waals surface area contributed by atoms with Crippen molar-refractivity contribution < 1.29 is 9.53 Å². The van der Waals surface area contributed by atoms with E-state index in [1.807, 2.05) is 31.8 Å². The number of nitrogens with zero attached hydrogens (tertiary/aromatic N) is 1. The number of methoxy groups -OCH3 is 1. The van der Waals surface area contributed by atoms with Gasteiger partial charge in [-0.05, 0) is 19.2 Å². The average Bonchev–Trinajstić information content (AvgIpc) is 2.66. The largest absolute Gasteiger partial charge is 0.402 e. The predicted octanol–water partition coefficient (Wildman–Crippen LogP) is 0.768. The van der Waals surface area contributed by atoms with Crippen LogP contribution in [0.1, 0.15) is 17.3 Å². The van der Waals surface area contributed by atoms with Crippen molar-refractivity contribution in [2.24, 2.45) is 0 Å². The van der Waals surface area contributed by atoms with Gasteiger partial charge in [0.2, 0.25) is 7.41 Å². The third-order valence-corrected chi connectivity index (χ3v) is 2.07. The Kier molecular flexibility index (Phi) is 4.43. The fourth-order valence-corrected chi connectivity index (χ4v) is 1.31. The highest BCUT2D eigenvalue weighted by Gasteiger charge is 2.10. The van der Waals surface area contributed by atoms with Gasteiger partial charge in [0.05, 0.1) is 12.2 Å². The number of carbonyl (C=O) groups is 1. The summed E-state index contributed by atoms with van der Waals surface area (Å²) in [5, 5.41) is 2.84. The van der Waals surface area contributed by atoms with E-state index in [4.69, 9.17) is 4.74 Å². The fraction of sp³-hybridized carbons (Fsp3) is 0.500. The van der Waals surface area contributed by atoms with Gasteiger partial charge in [-0.25, -0.2) is 0 Å². The minimum absolute atomic E-state index is 0.0245. The van der Waals surface area contributed by atoms with Crippen LogP contribution in [0.25, 0.3) is 0 Å². The second-order valence-electron chi connectivity index (χ2n) is 3.44. The number of hydrogen-bond donors (Lipinski definition) is 1. The molecular formula is C10H16BN2O2. The molecule has 1 N–H and O–H groups in total. The number of rotatable bonds is 5. The number of ether oxygens (including phenoxy) is 1. The Labute approximate surface area is 90.9 Å². The molecule has 1 aromatic heterocycles. The van der Waals surface area contributed by atoms with Gasteiger partial charge in [-0.1, -0.05) is 6.82 Å². The van der Waals surface area contributed by atoms with E-state index in [0.717, 1.165) is 0 Å². The van der Waals surface area contributed by atoms with Crippen LogP contribution in [0.4, 0.5) is 0 Å². The van der Waals surface area contributed by atoms with E-state index in [1.54, 1.807) is 19.4 Å².